The lowest BCUT2D eigenvalue weighted by molar-refractivity contribution is -0.117. The van der Waals surface area contributed by atoms with E-state index in [9.17, 15) is 13.2 Å². The lowest BCUT2D eigenvalue weighted by atomic mass is 9.94. The van der Waals surface area contributed by atoms with E-state index >= 15 is 0 Å². The summed E-state index contributed by atoms with van der Waals surface area (Å²) in [4.78, 5) is 16.6. The molecule has 0 unspecified atom stereocenters. The number of anilines is 1. The van der Waals surface area contributed by atoms with E-state index in [1.54, 1.807) is 13.0 Å². The number of pyridine rings is 1. The molecule has 2 aromatic heterocycles. The zero-order valence-corrected chi connectivity index (χ0v) is 18.6. The number of nitrogens with one attached hydrogen (secondary N) is 1. The molecule has 30 heavy (non-hydrogen) atoms. The van der Waals surface area contributed by atoms with Crippen LogP contribution in [0.5, 0.6) is 5.88 Å². The third-order valence-electron chi connectivity index (χ3n) is 5.15. The van der Waals surface area contributed by atoms with Crippen molar-refractivity contribution < 1.29 is 17.9 Å². The normalized spacial score (nSPS) is 15.5. The van der Waals surface area contributed by atoms with Gasteiger partial charge in [0.05, 0.1) is 23.4 Å². The number of hydrogen-bond acceptors (Lipinski definition) is 7. The number of hydrogen-bond donors (Lipinski definition) is 1. The molecular formula is C20H24N4O4S2. The number of rotatable bonds is 7. The number of piperidine rings is 1. The molecule has 3 rings (SSSR count). The summed E-state index contributed by atoms with van der Waals surface area (Å²) >= 11 is 1.39. The van der Waals surface area contributed by atoms with E-state index in [2.05, 4.69) is 16.4 Å². The highest BCUT2D eigenvalue weighted by atomic mass is 32.2. The van der Waals surface area contributed by atoms with E-state index in [4.69, 9.17) is 10.00 Å². The van der Waals surface area contributed by atoms with Crippen molar-refractivity contribution in [2.75, 3.05) is 31.3 Å². The average molecular weight is 449 g/mol. The molecule has 0 aromatic carbocycles. The Balaban J connectivity index is 1.59. The Hall–Kier alpha value is -2.48. The Bertz CT molecular complexity index is 1050. The first-order valence-electron chi connectivity index (χ1n) is 9.67. The number of sulfonamides is 1. The van der Waals surface area contributed by atoms with Crippen LogP contribution in [0, 0.1) is 17.2 Å². The van der Waals surface area contributed by atoms with E-state index in [0.29, 0.717) is 54.4 Å². The highest BCUT2D eigenvalue weighted by Crippen LogP contribution is 2.34. The van der Waals surface area contributed by atoms with Gasteiger partial charge in [0.25, 0.3) is 0 Å². The van der Waals surface area contributed by atoms with Gasteiger partial charge in [-0.05, 0) is 43.4 Å². The average Bonchev–Trinajstić information content (AvgIpc) is 3.21. The lowest BCUT2D eigenvalue weighted by Crippen LogP contribution is -2.39. The maximum Gasteiger partial charge on any atom is 0.225 e. The Kier molecular flexibility index (Phi) is 7.07. The largest absolute Gasteiger partial charge is 0.481 e. The number of nitriles is 1. The minimum atomic E-state index is -3.16. The molecule has 2 aromatic rings. The van der Waals surface area contributed by atoms with Gasteiger partial charge in [0.15, 0.2) is 0 Å². The Morgan fingerprint density at radius 2 is 2.13 bits per heavy atom. The van der Waals surface area contributed by atoms with Crippen molar-refractivity contribution in [2.45, 2.75) is 26.2 Å². The first-order valence-corrected chi connectivity index (χ1v) is 12.2. The zero-order chi connectivity index (χ0) is 21.7. The number of thiophene rings is 1. The van der Waals surface area contributed by atoms with Crippen LogP contribution < -0.4 is 10.1 Å². The van der Waals surface area contributed by atoms with Gasteiger partial charge < -0.3 is 10.1 Å². The maximum absolute atomic E-state index is 12.5. The zero-order valence-electron chi connectivity index (χ0n) is 16.9. The molecule has 1 aliphatic heterocycles. The second kappa shape index (κ2) is 9.55. The predicted molar refractivity (Wildman–Crippen MR) is 116 cm³/mol. The van der Waals surface area contributed by atoms with Crippen LogP contribution in [0.2, 0.25) is 0 Å². The van der Waals surface area contributed by atoms with Gasteiger partial charge in [0.1, 0.15) is 6.07 Å². The molecule has 160 valence electrons. The molecule has 0 spiro atoms. The summed E-state index contributed by atoms with van der Waals surface area (Å²) in [6.45, 7) is 2.59. The van der Waals surface area contributed by atoms with Crippen LogP contribution in [0.4, 0.5) is 5.00 Å². The third kappa shape index (κ3) is 5.16. The minimum absolute atomic E-state index is 0.0870. The summed E-state index contributed by atoms with van der Waals surface area (Å²) in [6, 6.07) is 5.60. The summed E-state index contributed by atoms with van der Waals surface area (Å²) in [7, 11) is -1.64. The second-order valence-electron chi connectivity index (χ2n) is 7.09. The topological polar surface area (TPSA) is 112 Å². The molecule has 1 aliphatic rings. The van der Waals surface area contributed by atoms with Crippen molar-refractivity contribution in [1.29, 1.82) is 5.26 Å². The van der Waals surface area contributed by atoms with Crippen molar-refractivity contribution in [3.63, 3.8) is 0 Å². The van der Waals surface area contributed by atoms with Crippen molar-refractivity contribution in [2.24, 2.45) is 5.92 Å². The Morgan fingerprint density at radius 3 is 2.77 bits per heavy atom. The maximum atomic E-state index is 12.5. The van der Waals surface area contributed by atoms with Gasteiger partial charge in [-0.25, -0.2) is 17.7 Å². The van der Waals surface area contributed by atoms with Crippen LogP contribution in [-0.4, -0.2) is 49.6 Å². The number of nitrogens with zero attached hydrogens (tertiary/aromatic N) is 3. The summed E-state index contributed by atoms with van der Waals surface area (Å²) in [5.41, 5.74) is 1.94. The molecule has 1 amide bonds. The molecule has 1 N–H and O–H groups in total. The number of aromatic nitrogens is 1. The molecule has 8 nitrogen and oxygen atoms in total. The first kappa shape index (κ1) is 22.2. The quantitative estimate of drug-likeness (QED) is 0.697. The standard InChI is InChI=1S/C20H24N4O4S2/c1-3-30(26,27)24-6-4-14(5-7-24)9-18(25)23-19-10-16(13-29-19)17-8-15(11-21)12-22-20(17)28-2/h8,10,12-14H,3-7,9H2,1-2H3,(H,23,25). The van der Waals surface area contributed by atoms with Crippen molar-refractivity contribution >= 4 is 32.3 Å². The summed E-state index contributed by atoms with van der Waals surface area (Å²) in [5, 5.41) is 14.6. The van der Waals surface area contributed by atoms with Crippen molar-refractivity contribution in [1.82, 2.24) is 9.29 Å². The van der Waals surface area contributed by atoms with Crippen LogP contribution >= 0.6 is 11.3 Å². The third-order valence-corrected chi connectivity index (χ3v) is 7.88. The van der Waals surface area contributed by atoms with Gasteiger partial charge in [-0.15, -0.1) is 11.3 Å². The van der Waals surface area contributed by atoms with Gasteiger partial charge in [0.2, 0.25) is 21.8 Å². The molecule has 0 aliphatic carbocycles. The first-order chi connectivity index (χ1) is 14.4. The molecule has 0 bridgehead atoms. The summed E-state index contributed by atoms with van der Waals surface area (Å²) in [6.07, 6.45) is 3.19. The summed E-state index contributed by atoms with van der Waals surface area (Å²) < 4.78 is 30.7. The molecule has 10 heteroatoms. The van der Waals surface area contributed by atoms with Crippen molar-refractivity contribution in [3.05, 3.63) is 29.3 Å². The van der Waals surface area contributed by atoms with E-state index in [-0.39, 0.29) is 17.6 Å². The minimum Gasteiger partial charge on any atom is -0.481 e. The van der Waals surface area contributed by atoms with Crippen molar-refractivity contribution in [3.8, 4) is 23.1 Å². The molecule has 0 atom stereocenters. The second-order valence-corrected chi connectivity index (χ2v) is 10.3. The predicted octanol–water partition coefficient (Wildman–Crippen LogP) is 3.08. The fourth-order valence-electron chi connectivity index (χ4n) is 3.45. The highest BCUT2D eigenvalue weighted by Gasteiger charge is 2.27. The number of ether oxygens (including phenoxy) is 1. The number of methoxy groups -OCH3 is 1. The van der Waals surface area contributed by atoms with Crippen LogP contribution in [0.25, 0.3) is 11.1 Å². The van der Waals surface area contributed by atoms with Gasteiger partial charge in [-0.2, -0.15) is 5.26 Å². The van der Waals surface area contributed by atoms with Gasteiger partial charge in [-0.1, -0.05) is 0 Å². The lowest BCUT2D eigenvalue weighted by Gasteiger charge is -2.30. The van der Waals surface area contributed by atoms with Crippen LogP contribution in [-0.2, 0) is 14.8 Å². The smallest absolute Gasteiger partial charge is 0.225 e. The fraction of sp³-hybridized carbons (Fsp3) is 0.450. The van der Waals surface area contributed by atoms with Crippen LogP contribution in [0.3, 0.4) is 0 Å². The highest BCUT2D eigenvalue weighted by molar-refractivity contribution is 7.89. The number of carbonyl (C=O) groups is 1. The molecule has 0 saturated carbocycles. The number of amides is 1. The Labute approximate surface area is 180 Å². The van der Waals surface area contributed by atoms with Crippen LogP contribution in [0.1, 0.15) is 31.7 Å². The van der Waals surface area contributed by atoms with Gasteiger partial charge in [0, 0.05) is 36.7 Å². The van der Waals surface area contributed by atoms with E-state index < -0.39 is 10.0 Å². The Morgan fingerprint density at radius 1 is 1.40 bits per heavy atom. The van der Waals surface area contributed by atoms with Gasteiger partial charge >= 0.3 is 0 Å². The van der Waals surface area contributed by atoms with E-state index in [1.807, 2.05) is 11.4 Å². The summed E-state index contributed by atoms with van der Waals surface area (Å²) in [5.74, 6) is 0.607. The molecule has 0 radical (unpaired) electrons. The van der Waals surface area contributed by atoms with Gasteiger partial charge in [-0.3, -0.25) is 4.79 Å². The monoisotopic (exact) mass is 448 g/mol. The van der Waals surface area contributed by atoms with E-state index in [0.717, 1.165) is 5.56 Å². The molecule has 1 saturated heterocycles. The SMILES string of the molecule is CCS(=O)(=O)N1CCC(CC(=O)Nc2cc(-c3cc(C#N)cnc3OC)cs2)CC1. The molecule has 3 heterocycles. The molecular weight excluding hydrogens is 424 g/mol. The van der Waals surface area contributed by atoms with Crippen LogP contribution in [0.15, 0.2) is 23.7 Å². The fourth-order valence-corrected chi connectivity index (χ4v) is 5.40. The molecule has 1 fully saturated rings. The number of carbonyl (C=O) groups excluding carboxylic acids is 1. The van der Waals surface area contributed by atoms with E-state index in [1.165, 1.54) is 28.9 Å².